The maximum absolute atomic E-state index is 12.6. The molecular formula is C25H29N3O3S. The van der Waals surface area contributed by atoms with Crippen LogP contribution >= 0.6 is 11.8 Å². The molecule has 0 bridgehead atoms. The van der Waals surface area contributed by atoms with Crippen molar-refractivity contribution in [1.29, 1.82) is 0 Å². The average molecular weight is 452 g/mol. The molecule has 0 spiro atoms. The van der Waals surface area contributed by atoms with Crippen molar-refractivity contribution in [2.24, 2.45) is 4.99 Å². The number of fused-ring (bicyclic) bond motifs is 1. The molecule has 0 radical (unpaired) electrons. The van der Waals surface area contributed by atoms with Crippen LogP contribution in [0.3, 0.4) is 0 Å². The quantitative estimate of drug-likeness (QED) is 0.669. The van der Waals surface area contributed by atoms with Crippen LogP contribution in [0.1, 0.15) is 31.2 Å². The number of likely N-dealkylation sites (tertiary alicyclic amines) is 1. The Morgan fingerprint density at radius 3 is 2.69 bits per heavy atom. The molecule has 1 atom stereocenters. The molecule has 1 aromatic carbocycles. The predicted molar refractivity (Wildman–Crippen MR) is 130 cm³/mol. The smallest absolute Gasteiger partial charge is 0.283 e. The van der Waals surface area contributed by atoms with Crippen LogP contribution in [0, 0.1) is 0 Å². The second kappa shape index (κ2) is 10.8. The molecule has 1 unspecified atom stereocenters. The first kappa shape index (κ1) is 22.6. The van der Waals surface area contributed by atoms with Crippen LogP contribution in [-0.4, -0.2) is 61.0 Å². The van der Waals surface area contributed by atoms with Crippen molar-refractivity contribution in [3.63, 3.8) is 0 Å². The van der Waals surface area contributed by atoms with Gasteiger partial charge in [0.05, 0.1) is 23.0 Å². The van der Waals surface area contributed by atoms with Gasteiger partial charge in [-0.15, -0.1) is 11.8 Å². The van der Waals surface area contributed by atoms with E-state index in [1.54, 1.807) is 13.2 Å². The summed E-state index contributed by atoms with van der Waals surface area (Å²) in [5.74, 6) is 0.381. The van der Waals surface area contributed by atoms with Crippen molar-refractivity contribution in [3.05, 3.63) is 58.5 Å². The third-order valence-electron chi connectivity index (χ3n) is 5.83. The van der Waals surface area contributed by atoms with E-state index in [2.05, 4.69) is 15.2 Å². The van der Waals surface area contributed by atoms with Crippen LogP contribution in [0.25, 0.3) is 6.08 Å². The van der Waals surface area contributed by atoms with Gasteiger partial charge in [-0.25, -0.2) is 4.99 Å². The summed E-state index contributed by atoms with van der Waals surface area (Å²) in [6, 6.07) is 7.53. The molecule has 168 valence electrons. The summed E-state index contributed by atoms with van der Waals surface area (Å²) in [7, 11) is 1.62. The standard InChI is InChI=1S/C25H29N3O3S/c1-31-20-9-6-18(7-10-20)16-23-25(30)27-21-17-19(8-11-22(21)32-23)24(29)26-12-15-28-13-4-2-3-5-14-28/h6-11,16-17,22H,2-5,12-15H2,1H3,(H,26,29)/b23-16+. The first-order chi connectivity index (χ1) is 15.6. The summed E-state index contributed by atoms with van der Waals surface area (Å²) in [6.07, 6.45) is 12.4. The number of rotatable bonds is 6. The monoisotopic (exact) mass is 451 g/mol. The van der Waals surface area contributed by atoms with Crippen LogP contribution in [0.15, 0.2) is 58.0 Å². The number of nitrogens with zero attached hydrogens (tertiary/aromatic N) is 2. The molecule has 4 rings (SSSR count). The van der Waals surface area contributed by atoms with Crippen molar-refractivity contribution in [2.45, 2.75) is 30.9 Å². The minimum atomic E-state index is -0.274. The van der Waals surface area contributed by atoms with Gasteiger partial charge in [-0.2, -0.15) is 0 Å². The van der Waals surface area contributed by atoms with Crippen molar-refractivity contribution < 1.29 is 14.3 Å². The van der Waals surface area contributed by atoms with Gasteiger partial charge in [0.15, 0.2) is 0 Å². The Kier molecular flexibility index (Phi) is 7.60. The number of methoxy groups -OCH3 is 1. The van der Waals surface area contributed by atoms with E-state index in [1.165, 1.54) is 37.4 Å². The largest absolute Gasteiger partial charge is 0.497 e. The van der Waals surface area contributed by atoms with E-state index in [4.69, 9.17) is 4.74 Å². The number of allylic oxidation sites excluding steroid dienone is 1. The zero-order chi connectivity index (χ0) is 22.3. The minimum absolute atomic E-state index is 0.0640. The van der Waals surface area contributed by atoms with E-state index < -0.39 is 0 Å². The highest BCUT2D eigenvalue weighted by Gasteiger charge is 2.28. The van der Waals surface area contributed by atoms with Crippen molar-refractivity contribution in [3.8, 4) is 5.75 Å². The first-order valence-electron chi connectivity index (χ1n) is 11.2. The average Bonchev–Trinajstić information content (AvgIpc) is 3.08. The molecule has 3 aliphatic rings. The summed E-state index contributed by atoms with van der Waals surface area (Å²) in [6.45, 7) is 3.73. The molecule has 2 heterocycles. The molecule has 2 aliphatic heterocycles. The van der Waals surface area contributed by atoms with Gasteiger partial charge in [0.1, 0.15) is 5.75 Å². The highest BCUT2D eigenvalue weighted by atomic mass is 32.2. The third kappa shape index (κ3) is 5.78. The molecule has 32 heavy (non-hydrogen) atoms. The number of aliphatic imine (C=N–C) groups is 1. The highest BCUT2D eigenvalue weighted by molar-refractivity contribution is 8.05. The van der Waals surface area contributed by atoms with Crippen molar-refractivity contribution in [1.82, 2.24) is 10.2 Å². The Labute approximate surface area is 193 Å². The molecule has 6 nitrogen and oxygen atoms in total. The predicted octanol–water partition coefficient (Wildman–Crippen LogP) is 3.61. The minimum Gasteiger partial charge on any atom is -0.497 e. The molecule has 1 saturated heterocycles. The summed E-state index contributed by atoms with van der Waals surface area (Å²) in [5, 5.41) is 2.95. The molecule has 1 aliphatic carbocycles. The zero-order valence-electron chi connectivity index (χ0n) is 18.4. The number of hydrogen-bond acceptors (Lipinski definition) is 5. The van der Waals surface area contributed by atoms with E-state index in [9.17, 15) is 9.59 Å². The number of carbonyl (C=O) groups is 2. The SMILES string of the molecule is COc1ccc(/C=C2/SC3C=CC(C(=O)NCCN4CCCCCC4)=CC3=NC2=O)cc1. The van der Waals surface area contributed by atoms with Gasteiger partial charge in [0, 0.05) is 18.7 Å². The molecular weight excluding hydrogens is 422 g/mol. The van der Waals surface area contributed by atoms with Gasteiger partial charge < -0.3 is 15.0 Å². The van der Waals surface area contributed by atoms with Crippen molar-refractivity contribution >= 4 is 35.4 Å². The molecule has 7 heteroatoms. The molecule has 2 amide bonds. The lowest BCUT2D eigenvalue weighted by molar-refractivity contribution is -0.117. The Morgan fingerprint density at radius 2 is 1.97 bits per heavy atom. The van der Waals surface area contributed by atoms with Gasteiger partial charge in [0.25, 0.3) is 11.8 Å². The van der Waals surface area contributed by atoms with Crippen LogP contribution < -0.4 is 10.1 Å². The Hall–Kier alpha value is -2.64. The van der Waals surface area contributed by atoms with Gasteiger partial charge in [-0.05, 0) is 55.8 Å². The third-order valence-corrected chi connectivity index (χ3v) is 7.03. The van der Waals surface area contributed by atoms with Crippen molar-refractivity contribution in [2.75, 3.05) is 33.3 Å². The lowest BCUT2D eigenvalue weighted by Crippen LogP contribution is -2.36. The number of ether oxygens (including phenoxy) is 1. The van der Waals surface area contributed by atoms with Gasteiger partial charge in [-0.3, -0.25) is 9.59 Å². The van der Waals surface area contributed by atoms with Crippen LogP contribution in [0.2, 0.25) is 0 Å². The number of carbonyl (C=O) groups excluding carboxylic acids is 2. The second-order valence-electron chi connectivity index (χ2n) is 8.13. The highest BCUT2D eigenvalue weighted by Crippen LogP contribution is 2.34. The van der Waals surface area contributed by atoms with E-state index in [0.29, 0.717) is 22.7 Å². The zero-order valence-corrected chi connectivity index (χ0v) is 19.2. The topological polar surface area (TPSA) is 71.0 Å². The Balaban J connectivity index is 1.36. The number of amides is 2. The lowest BCUT2D eigenvalue weighted by atomic mass is 10.0. The normalized spacial score (nSPS) is 22.6. The summed E-state index contributed by atoms with van der Waals surface area (Å²) in [5.41, 5.74) is 2.10. The summed E-state index contributed by atoms with van der Waals surface area (Å²) >= 11 is 1.46. The van der Waals surface area contributed by atoms with E-state index in [0.717, 1.165) is 30.9 Å². The fraction of sp³-hybridized carbons (Fsp3) is 0.400. The maximum atomic E-state index is 12.6. The molecule has 1 fully saturated rings. The lowest BCUT2D eigenvalue weighted by Gasteiger charge is -2.23. The second-order valence-corrected chi connectivity index (χ2v) is 9.32. The van der Waals surface area contributed by atoms with Gasteiger partial charge in [0.2, 0.25) is 0 Å². The number of thioether (sulfide) groups is 1. The molecule has 1 N–H and O–H groups in total. The molecule has 0 aromatic heterocycles. The fourth-order valence-corrected chi connectivity index (χ4v) is 5.04. The maximum Gasteiger partial charge on any atom is 0.283 e. The summed E-state index contributed by atoms with van der Waals surface area (Å²) in [4.78, 5) is 32.4. The Morgan fingerprint density at radius 1 is 1.22 bits per heavy atom. The van der Waals surface area contributed by atoms with Gasteiger partial charge in [-0.1, -0.05) is 37.1 Å². The summed E-state index contributed by atoms with van der Waals surface area (Å²) < 4.78 is 5.18. The van der Waals surface area contributed by atoms with Gasteiger partial charge >= 0.3 is 0 Å². The van der Waals surface area contributed by atoms with E-state index in [-0.39, 0.29) is 17.1 Å². The van der Waals surface area contributed by atoms with Crippen LogP contribution in [0.5, 0.6) is 5.75 Å². The first-order valence-corrected chi connectivity index (χ1v) is 12.1. The number of benzene rings is 1. The van der Waals surface area contributed by atoms with Crippen LogP contribution in [0.4, 0.5) is 0 Å². The number of nitrogens with one attached hydrogen (secondary N) is 1. The van der Waals surface area contributed by atoms with E-state index >= 15 is 0 Å². The Bertz CT molecular complexity index is 971. The number of hydrogen-bond donors (Lipinski definition) is 1. The molecule has 0 saturated carbocycles. The fourth-order valence-electron chi connectivity index (χ4n) is 4.01. The van der Waals surface area contributed by atoms with E-state index in [1.807, 2.05) is 42.5 Å². The van der Waals surface area contributed by atoms with Crippen LogP contribution in [-0.2, 0) is 9.59 Å². The molecule has 1 aromatic rings.